The van der Waals surface area contributed by atoms with Gasteiger partial charge in [-0.3, -0.25) is 0 Å². The third-order valence-electron chi connectivity index (χ3n) is 2.99. The third kappa shape index (κ3) is 3.48. The SMILES string of the molecule is COCCC(C)C(N)c1cc(Cl)ccc1C. The van der Waals surface area contributed by atoms with Gasteiger partial charge in [0.1, 0.15) is 0 Å². The lowest BCUT2D eigenvalue weighted by molar-refractivity contribution is 0.174. The Morgan fingerprint density at radius 1 is 1.44 bits per heavy atom. The molecule has 0 aliphatic heterocycles. The molecule has 0 aliphatic rings. The van der Waals surface area contributed by atoms with Crippen molar-refractivity contribution in [2.24, 2.45) is 11.7 Å². The zero-order valence-electron chi connectivity index (χ0n) is 10.2. The summed E-state index contributed by atoms with van der Waals surface area (Å²) in [5, 5.41) is 0.745. The van der Waals surface area contributed by atoms with E-state index in [1.165, 1.54) is 5.56 Å². The predicted octanol–water partition coefficient (Wildman–Crippen LogP) is 3.32. The van der Waals surface area contributed by atoms with E-state index in [4.69, 9.17) is 22.1 Å². The van der Waals surface area contributed by atoms with Crippen LogP contribution >= 0.6 is 11.6 Å². The minimum absolute atomic E-state index is 0.0221. The van der Waals surface area contributed by atoms with Crippen LogP contribution < -0.4 is 5.73 Å². The average molecular weight is 242 g/mol. The predicted molar refractivity (Wildman–Crippen MR) is 68.8 cm³/mol. The van der Waals surface area contributed by atoms with Gasteiger partial charge in [0.2, 0.25) is 0 Å². The molecular weight excluding hydrogens is 222 g/mol. The summed E-state index contributed by atoms with van der Waals surface area (Å²) in [6.07, 6.45) is 0.962. The Bertz CT molecular complexity index is 341. The molecule has 2 nitrogen and oxygen atoms in total. The maximum absolute atomic E-state index is 6.23. The lowest BCUT2D eigenvalue weighted by atomic mass is 9.90. The summed E-state index contributed by atoms with van der Waals surface area (Å²) in [5.41, 5.74) is 8.57. The number of halogens is 1. The van der Waals surface area contributed by atoms with Crippen molar-refractivity contribution in [2.75, 3.05) is 13.7 Å². The van der Waals surface area contributed by atoms with Crippen molar-refractivity contribution in [3.63, 3.8) is 0 Å². The first-order chi connectivity index (χ1) is 7.56. The van der Waals surface area contributed by atoms with Crippen LogP contribution in [0.4, 0.5) is 0 Å². The summed E-state index contributed by atoms with van der Waals surface area (Å²) < 4.78 is 5.07. The molecule has 90 valence electrons. The number of hydrogen-bond acceptors (Lipinski definition) is 2. The molecule has 0 aliphatic carbocycles. The molecule has 16 heavy (non-hydrogen) atoms. The van der Waals surface area contributed by atoms with Crippen molar-refractivity contribution in [1.82, 2.24) is 0 Å². The van der Waals surface area contributed by atoms with Crippen LogP contribution in [0.25, 0.3) is 0 Å². The first kappa shape index (κ1) is 13.5. The van der Waals surface area contributed by atoms with Crippen LogP contribution in [-0.2, 0) is 4.74 Å². The number of methoxy groups -OCH3 is 1. The second kappa shape index (κ2) is 6.24. The molecule has 0 saturated carbocycles. The van der Waals surface area contributed by atoms with E-state index in [0.717, 1.165) is 23.6 Å². The zero-order valence-corrected chi connectivity index (χ0v) is 10.9. The molecule has 0 spiro atoms. The highest BCUT2D eigenvalue weighted by Crippen LogP contribution is 2.27. The summed E-state index contributed by atoms with van der Waals surface area (Å²) in [6, 6.07) is 5.90. The second-order valence-corrected chi connectivity index (χ2v) is 4.72. The number of hydrogen-bond donors (Lipinski definition) is 1. The van der Waals surface area contributed by atoms with Crippen LogP contribution in [0.5, 0.6) is 0 Å². The Morgan fingerprint density at radius 2 is 2.12 bits per heavy atom. The Labute approximate surface area is 103 Å². The van der Waals surface area contributed by atoms with Crippen molar-refractivity contribution in [1.29, 1.82) is 0 Å². The minimum Gasteiger partial charge on any atom is -0.385 e. The van der Waals surface area contributed by atoms with Gasteiger partial charge in [-0.1, -0.05) is 24.6 Å². The van der Waals surface area contributed by atoms with E-state index >= 15 is 0 Å². The van der Waals surface area contributed by atoms with E-state index in [-0.39, 0.29) is 6.04 Å². The van der Waals surface area contributed by atoms with Gasteiger partial charge in [-0.05, 0) is 42.5 Å². The maximum Gasteiger partial charge on any atom is 0.0465 e. The topological polar surface area (TPSA) is 35.2 Å². The molecule has 0 amide bonds. The van der Waals surface area contributed by atoms with Crippen LogP contribution in [0.3, 0.4) is 0 Å². The summed E-state index contributed by atoms with van der Waals surface area (Å²) in [6.45, 7) is 4.95. The molecule has 3 heteroatoms. The van der Waals surface area contributed by atoms with E-state index in [1.54, 1.807) is 7.11 Å². The molecule has 2 N–H and O–H groups in total. The van der Waals surface area contributed by atoms with Crippen LogP contribution in [0.1, 0.15) is 30.5 Å². The van der Waals surface area contributed by atoms with Gasteiger partial charge in [-0.25, -0.2) is 0 Å². The fourth-order valence-corrected chi connectivity index (χ4v) is 1.94. The molecule has 1 aromatic carbocycles. The molecule has 0 saturated heterocycles. The molecule has 2 unspecified atom stereocenters. The Balaban J connectivity index is 2.78. The molecule has 0 bridgehead atoms. The average Bonchev–Trinajstić information content (AvgIpc) is 2.28. The van der Waals surface area contributed by atoms with Crippen molar-refractivity contribution in [3.8, 4) is 0 Å². The highest BCUT2D eigenvalue weighted by molar-refractivity contribution is 6.30. The van der Waals surface area contributed by atoms with Gasteiger partial charge in [0.05, 0.1) is 0 Å². The lowest BCUT2D eigenvalue weighted by Gasteiger charge is -2.22. The van der Waals surface area contributed by atoms with E-state index in [0.29, 0.717) is 5.92 Å². The van der Waals surface area contributed by atoms with E-state index in [9.17, 15) is 0 Å². The fraction of sp³-hybridized carbons (Fsp3) is 0.538. The monoisotopic (exact) mass is 241 g/mol. The van der Waals surface area contributed by atoms with Crippen LogP contribution in [0, 0.1) is 12.8 Å². The lowest BCUT2D eigenvalue weighted by Crippen LogP contribution is -2.21. The van der Waals surface area contributed by atoms with Crippen molar-refractivity contribution < 1.29 is 4.74 Å². The normalized spacial score (nSPS) is 14.8. The summed E-state index contributed by atoms with van der Waals surface area (Å²) in [7, 11) is 1.71. The summed E-state index contributed by atoms with van der Waals surface area (Å²) in [5.74, 6) is 0.386. The van der Waals surface area contributed by atoms with Gasteiger partial charge in [0.15, 0.2) is 0 Å². The Morgan fingerprint density at radius 3 is 2.75 bits per heavy atom. The Kier molecular flexibility index (Phi) is 5.26. The van der Waals surface area contributed by atoms with Gasteiger partial charge in [-0.2, -0.15) is 0 Å². The van der Waals surface area contributed by atoms with E-state index in [1.807, 2.05) is 18.2 Å². The van der Waals surface area contributed by atoms with Crippen molar-refractivity contribution >= 4 is 11.6 Å². The maximum atomic E-state index is 6.23. The van der Waals surface area contributed by atoms with Crippen molar-refractivity contribution in [3.05, 3.63) is 34.3 Å². The second-order valence-electron chi connectivity index (χ2n) is 4.29. The van der Waals surface area contributed by atoms with Crippen LogP contribution in [0.2, 0.25) is 5.02 Å². The van der Waals surface area contributed by atoms with Gasteiger partial charge in [0, 0.05) is 24.8 Å². The quantitative estimate of drug-likeness (QED) is 0.858. The van der Waals surface area contributed by atoms with E-state index in [2.05, 4.69) is 13.8 Å². The fourth-order valence-electron chi connectivity index (χ4n) is 1.76. The van der Waals surface area contributed by atoms with Gasteiger partial charge < -0.3 is 10.5 Å². The molecule has 2 atom stereocenters. The molecule has 0 radical (unpaired) electrons. The number of ether oxygens (including phenoxy) is 1. The largest absolute Gasteiger partial charge is 0.385 e. The number of nitrogens with two attached hydrogens (primary N) is 1. The smallest absolute Gasteiger partial charge is 0.0465 e. The number of benzene rings is 1. The molecule has 1 aromatic rings. The van der Waals surface area contributed by atoms with Gasteiger partial charge in [0.25, 0.3) is 0 Å². The van der Waals surface area contributed by atoms with E-state index < -0.39 is 0 Å². The number of aryl methyl sites for hydroxylation is 1. The highest BCUT2D eigenvalue weighted by Gasteiger charge is 2.16. The highest BCUT2D eigenvalue weighted by atomic mass is 35.5. The summed E-state index contributed by atoms with van der Waals surface area (Å²) in [4.78, 5) is 0. The first-order valence-electron chi connectivity index (χ1n) is 5.56. The summed E-state index contributed by atoms with van der Waals surface area (Å²) >= 11 is 5.99. The number of rotatable bonds is 5. The molecule has 1 rings (SSSR count). The third-order valence-corrected chi connectivity index (χ3v) is 3.23. The van der Waals surface area contributed by atoms with Gasteiger partial charge >= 0.3 is 0 Å². The van der Waals surface area contributed by atoms with Crippen molar-refractivity contribution in [2.45, 2.75) is 26.3 Å². The minimum atomic E-state index is 0.0221. The zero-order chi connectivity index (χ0) is 12.1. The molecule has 0 aromatic heterocycles. The Hall–Kier alpha value is -0.570. The van der Waals surface area contributed by atoms with Crippen LogP contribution in [-0.4, -0.2) is 13.7 Å². The first-order valence-corrected chi connectivity index (χ1v) is 5.94. The molecular formula is C13H20ClNO. The standard InChI is InChI=1S/C13H20ClNO/c1-9-4-5-11(14)8-12(9)13(15)10(2)6-7-16-3/h4-5,8,10,13H,6-7,15H2,1-3H3. The van der Waals surface area contributed by atoms with Gasteiger partial charge in [-0.15, -0.1) is 0 Å². The molecule has 0 heterocycles. The molecule has 0 fully saturated rings. The van der Waals surface area contributed by atoms with Crippen LogP contribution in [0.15, 0.2) is 18.2 Å².